The van der Waals surface area contributed by atoms with Crippen molar-refractivity contribution in [2.24, 2.45) is 0 Å². The highest BCUT2D eigenvalue weighted by Crippen LogP contribution is 2.62. The average molecular weight is 569 g/mol. The van der Waals surface area contributed by atoms with Crippen LogP contribution in [0.15, 0.2) is 102 Å². The Hall–Kier alpha value is -3.62. The predicted molar refractivity (Wildman–Crippen MR) is 176 cm³/mol. The molecule has 6 heterocycles. The Bertz CT molecular complexity index is 2290. The molecule has 0 radical (unpaired) electrons. The molecule has 4 aromatic heterocycles. The lowest BCUT2D eigenvalue weighted by Gasteiger charge is -2.33. The van der Waals surface area contributed by atoms with Gasteiger partial charge in [0.05, 0.1) is 10.7 Å². The summed E-state index contributed by atoms with van der Waals surface area (Å²) in [6.07, 6.45) is 0. The van der Waals surface area contributed by atoms with Gasteiger partial charge >= 0.3 is 6.98 Å². The van der Waals surface area contributed by atoms with Gasteiger partial charge in [-0.05, 0) is 29.7 Å². The third-order valence-corrected chi connectivity index (χ3v) is 12.6. The molecule has 39 heavy (non-hydrogen) atoms. The molecular formula is C32H17BN2S4. The second kappa shape index (κ2) is 7.52. The van der Waals surface area contributed by atoms with Crippen LogP contribution in [0.5, 0.6) is 0 Å². The first kappa shape index (κ1) is 21.2. The topological polar surface area (TPSA) is 6.48 Å². The maximum Gasteiger partial charge on any atom is 0.433 e. The van der Waals surface area contributed by atoms with Crippen LogP contribution in [0.1, 0.15) is 0 Å². The van der Waals surface area contributed by atoms with Crippen LogP contribution >= 0.6 is 45.3 Å². The third kappa shape index (κ3) is 2.62. The van der Waals surface area contributed by atoms with E-state index in [0.717, 1.165) is 0 Å². The number of rotatable bonds is 1. The molecule has 0 spiro atoms. The van der Waals surface area contributed by atoms with E-state index >= 15 is 0 Å². The van der Waals surface area contributed by atoms with E-state index < -0.39 is 0 Å². The standard InChI is InChI=1S/C32H17BN2S4/c1-5-13-23-18(9-1)22(17-36-23)34-29-21-12-4-8-16-26(21)39-32(29)35-31-28(20-11-3-7-15-25(20)38-31)27-19-10-2-6-14-24(19)37-30(27)33(34)35/h1-17H. The molecule has 8 aromatic rings. The van der Waals surface area contributed by atoms with Crippen LogP contribution in [-0.4, -0.2) is 6.98 Å². The molecule has 0 amide bonds. The summed E-state index contributed by atoms with van der Waals surface area (Å²) < 4.78 is 6.83. The fraction of sp³-hybridized carbons (Fsp3) is 0. The minimum atomic E-state index is 0.0850. The largest absolute Gasteiger partial charge is 0.433 e. The van der Waals surface area contributed by atoms with Crippen LogP contribution < -0.4 is 14.4 Å². The van der Waals surface area contributed by atoms with Crippen molar-refractivity contribution in [3.63, 3.8) is 0 Å². The number of anilines is 4. The number of nitrogens with zero attached hydrogens (tertiary/aromatic N) is 2. The van der Waals surface area contributed by atoms with Crippen molar-refractivity contribution in [3.05, 3.63) is 102 Å². The lowest BCUT2D eigenvalue weighted by molar-refractivity contribution is 1.46. The summed E-state index contributed by atoms with van der Waals surface area (Å²) in [4.78, 5) is 5.33. The van der Waals surface area contributed by atoms with Crippen molar-refractivity contribution < 1.29 is 0 Å². The summed E-state index contributed by atoms with van der Waals surface area (Å²) in [5.74, 6) is 0. The zero-order chi connectivity index (χ0) is 25.2. The number of hydrogen-bond donors (Lipinski definition) is 0. The summed E-state index contributed by atoms with van der Waals surface area (Å²) in [5.41, 5.74) is 5.48. The van der Waals surface area contributed by atoms with E-state index in [0.29, 0.717) is 0 Å². The van der Waals surface area contributed by atoms with E-state index in [1.54, 1.807) is 0 Å². The molecule has 182 valence electrons. The number of thiophene rings is 4. The van der Waals surface area contributed by atoms with Gasteiger partial charge in [-0.3, -0.25) is 0 Å². The molecule has 7 heteroatoms. The van der Waals surface area contributed by atoms with E-state index in [4.69, 9.17) is 0 Å². The monoisotopic (exact) mass is 568 g/mol. The lowest BCUT2D eigenvalue weighted by atomic mass is 9.65. The molecule has 0 atom stereocenters. The molecule has 0 saturated heterocycles. The van der Waals surface area contributed by atoms with Gasteiger partial charge < -0.3 is 9.62 Å². The van der Waals surface area contributed by atoms with Gasteiger partial charge in [0, 0.05) is 61.9 Å². The summed E-state index contributed by atoms with van der Waals surface area (Å²) in [6.45, 7) is 0.0850. The smallest absolute Gasteiger partial charge is 0.357 e. The van der Waals surface area contributed by atoms with Gasteiger partial charge in [-0.25, -0.2) is 0 Å². The Morgan fingerprint density at radius 3 is 1.82 bits per heavy atom. The van der Waals surface area contributed by atoms with Crippen LogP contribution in [0.3, 0.4) is 0 Å². The first-order valence-corrected chi connectivity index (χ1v) is 16.3. The van der Waals surface area contributed by atoms with E-state index in [9.17, 15) is 0 Å². The van der Waals surface area contributed by atoms with Crippen molar-refractivity contribution in [2.75, 3.05) is 9.62 Å². The first-order chi connectivity index (χ1) is 19.4. The number of benzene rings is 4. The van der Waals surface area contributed by atoms with Crippen molar-refractivity contribution in [1.82, 2.24) is 0 Å². The van der Waals surface area contributed by atoms with Crippen molar-refractivity contribution in [2.45, 2.75) is 0 Å². The zero-order valence-corrected chi connectivity index (χ0v) is 23.7. The van der Waals surface area contributed by atoms with E-state index in [1.165, 1.54) is 77.6 Å². The fourth-order valence-electron chi connectivity index (χ4n) is 6.55. The molecule has 0 bridgehead atoms. The second-order valence-corrected chi connectivity index (χ2v) is 14.2. The normalized spacial score (nSPS) is 14.0. The molecule has 2 aliphatic rings. The maximum absolute atomic E-state index is 2.67. The van der Waals surface area contributed by atoms with Crippen LogP contribution in [0.4, 0.5) is 21.4 Å². The van der Waals surface area contributed by atoms with Crippen molar-refractivity contribution in [3.8, 4) is 11.1 Å². The minimum Gasteiger partial charge on any atom is -0.357 e. The maximum atomic E-state index is 2.67. The summed E-state index contributed by atoms with van der Waals surface area (Å²) in [7, 11) is 0. The van der Waals surface area contributed by atoms with Gasteiger partial charge in [0.2, 0.25) is 0 Å². The summed E-state index contributed by atoms with van der Waals surface area (Å²) >= 11 is 7.69. The SMILES string of the molecule is c1ccc2c(N3B4c5sc6ccccc6c5-c5c(sc6ccccc56)N4c4sc5ccccc5c43)csc2c1. The van der Waals surface area contributed by atoms with Gasteiger partial charge in [-0.1, -0.05) is 72.8 Å². The molecule has 10 rings (SSSR count). The van der Waals surface area contributed by atoms with Crippen LogP contribution in [0.2, 0.25) is 0 Å². The van der Waals surface area contributed by atoms with Crippen LogP contribution in [0, 0.1) is 0 Å². The fourth-order valence-corrected chi connectivity index (χ4v) is 11.3. The van der Waals surface area contributed by atoms with Gasteiger partial charge in [-0.15, -0.1) is 45.3 Å². The van der Waals surface area contributed by atoms with Gasteiger partial charge in [0.25, 0.3) is 0 Å². The Kier molecular flexibility index (Phi) is 4.10. The van der Waals surface area contributed by atoms with E-state index in [1.807, 2.05) is 45.3 Å². The first-order valence-electron chi connectivity index (χ1n) is 13.0. The van der Waals surface area contributed by atoms with Crippen molar-refractivity contribution >= 4 is 119 Å². The summed E-state index contributed by atoms with van der Waals surface area (Å²) in [6, 6.07) is 35.7. The predicted octanol–water partition coefficient (Wildman–Crippen LogP) is 10.2. The van der Waals surface area contributed by atoms with Crippen LogP contribution in [-0.2, 0) is 0 Å². The summed E-state index contributed by atoms with van der Waals surface area (Å²) in [5, 5.41) is 10.5. The third-order valence-electron chi connectivity index (χ3n) is 8.12. The minimum absolute atomic E-state index is 0.0850. The zero-order valence-electron chi connectivity index (χ0n) is 20.4. The molecule has 4 aromatic carbocycles. The lowest BCUT2D eigenvalue weighted by Crippen LogP contribution is -2.54. The highest BCUT2D eigenvalue weighted by molar-refractivity contribution is 7.34. The van der Waals surface area contributed by atoms with E-state index in [2.05, 4.69) is 112 Å². The molecule has 0 saturated carbocycles. The quantitative estimate of drug-likeness (QED) is 0.182. The highest BCUT2D eigenvalue weighted by Gasteiger charge is 2.52. The highest BCUT2D eigenvalue weighted by atomic mass is 32.1. The van der Waals surface area contributed by atoms with E-state index in [-0.39, 0.29) is 6.98 Å². The Morgan fingerprint density at radius 1 is 0.487 bits per heavy atom. The average Bonchev–Trinajstić information content (AvgIpc) is 3.77. The van der Waals surface area contributed by atoms with Gasteiger partial charge in [-0.2, -0.15) is 0 Å². The number of fused-ring (bicyclic) bond motifs is 15. The second-order valence-electron chi connectivity index (χ2n) is 10.1. The molecule has 2 aliphatic heterocycles. The Morgan fingerprint density at radius 2 is 1.05 bits per heavy atom. The Labute approximate surface area is 240 Å². The Balaban J connectivity index is 1.39. The molecular weight excluding hydrogens is 551 g/mol. The molecule has 0 N–H and O–H groups in total. The molecule has 2 nitrogen and oxygen atoms in total. The van der Waals surface area contributed by atoms with Gasteiger partial charge in [0.1, 0.15) is 5.00 Å². The van der Waals surface area contributed by atoms with Crippen molar-refractivity contribution in [1.29, 1.82) is 0 Å². The van der Waals surface area contributed by atoms with Gasteiger partial charge in [0.15, 0.2) is 0 Å². The molecule has 0 unspecified atom stereocenters. The number of hydrogen-bond acceptors (Lipinski definition) is 6. The molecule has 0 aliphatic carbocycles. The van der Waals surface area contributed by atoms with Crippen LogP contribution in [0.25, 0.3) is 51.5 Å². The molecule has 0 fully saturated rings.